The minimum absolute atomic E-state index is 0.0871. The summed E-state index contributed by atoms with van der Waals surface area (Å²) in [7, 11) is 0. The van der Waals surface area contributed by atoms with Crippen molar-refractivity contribution in [1.82, 2.24) is 0 Å². The molecule has 0 saturated carbocycles. The van der Waals surface area contributed by atoms with Gasteiger partial charge in [-0.15, -0.1) is 0 Å². The van der Waals surface area contributed by atoms with Crippen LogP contribution in [0.5, 0.6) is 0 Å². The Morgan fingerprint density at radius 3 is 2.28 bits per heavy atom. The Morgan fingerprint density at radius 1 is 1.16 bits per heavy atom. The number of allylic oxidation sites excluding steroid dienone is 1. The standard InChI is InChI=1S/C19H25NO5/c1-6-24-17(13-19(3,4)5)15(18(21)25-7-2)12-14-10-8-9-11-16(14)20(22)23/h8-13H,6-7H2,1-5H3/b15-12+,17-13+. The number of hydrogen-bond donors (Lipinski definition) is 0. The van der Waals surface area contributed by atoms with E-state index in [0.717, 1.165) is 0 Å². The minimum atomic E-state index is -0.579. The normalized spacial score (nSPS) is 12.7. The summed E-state index contributed by atoms with van der Waals surface area (Å²) in [6.45, 7) is 9.98. The van der Waals surface area contributed by atoms with Gasteiger partial charge in [-0.3, -0.25) is 10.1 Å². The fourth-order valence-electron chi connectivity index (χ4n) is 2.12. The number of carbonyl (C=O) groups is 1. The molecule has 0 N–H and O–H groups in total. The highest BCUT2D eigenvalue weighted by Gasteiger charge is 2.22. The Kier molecular flexibility index (Phi) is 7.36. The van der Waals surface area contributed by atoms with Gasteiger partial charge in [-0.1, -0.05) is 32.9 Å². The molecule has 0 amide bonds. The number of carbonyl (C=O) groups excluding carboxylic acids is 1. The van der Waals surface area contributed by atoms with Gasteiger partial charge in [0.1, 0.15) is 11.3 Å². The lowest BCUT2D eigenvalue weighted by atomic mass is 9.93. The number of ether oxygens (including phenoxy) is 2. The van der Waals surface area contributed by atoms with Crippen LogP contribution in [0.1, 0.15) is 40.2 Å². The highest BCUT2D eigenvalue weighted by molar-refractivity contribution is 5.98. The molecule has 0 fully saturated rings. The fourth-order valence-corrected chi connectivity index (χ4v) is 2.12. The zero-order valence-corrected chi connectivity index (χ0v) is 15.4. The topological polar surface area (TPSA) is 78.7 Å². The Bertz CT molecular complexity index is 683. The summed E-state index contributed by atoms with van der Waals surface area (Å²) in [6, 6.07) is 6.23. The average molecular weight is 347 g/mol. The Morgan fingerprint density at radius 2 is 1.76 bits per heavy atom. The molecular formula is C19H25NO5. The Hall–Kier alpha value is -2.63. The molecule has 1 aromatic rings. The monoisotopic (exact) mass is 347 g/mol. The first kappa shape index (κ1) is 20.4. The second-order valence-corrected chi connectivity index (χ2v) is 6.40. The van der Waals surface area contributed by atoms with Gasteiger partial charge in [0.25, 0.3) is 5.69 Å². The molecule has 136 valence electrons. The third-order valence-corrected chi connectivity index (χ3v) is 3.06. The lowest BCUT2D eigenvalue weighted by molar-refractivity contribution is -0.385. The smallest absolute Gasteiger partial charge is 0.341 e. The van der Waals surface area contributed by atoms with Crippen LogP contribution in [-0.2, 0) is 14.3 Å². The molecule has 0 spiro atoms. The van der Waals surface area contributed by atoms with Crippen LogP contribution in [-0.4, -0.2) is 24.1 Å². The van der Waals surface area contributed by atoms with Crippen molar-refractivity contribution in [2.24, 2.45) is 5.41 Å². The van der Waals surface area contributed by atoms with Crippen molar-refractivity contribution in [3.05, 3.63) is 57.4 Å². The molecule has 0 bridgehead atoms. The zero-order valence-electron chi connectivity index (χ0n) is 15.4. The minimum Gasteiger partial charge on any atom is -0.493 e. The fraction of sp³-hybridized carbons (Fsp3) is 0.421. The van der Waals surface area contributed by atoms with Crippen molar-refractivity contribution in [2.75, 3.05) is 13.2 Å². The van der Waals surface area contributed by atoms with Crippen LogP contribution in [0.4, 0.5) is 5.69 Å². The molecular weight excluding hydrogens is 322 g/mol. The Balaban J connectivity index is 3.55. The molecule has 0 heterocycles. The van der Waals surface area contributed by atoms with E-state index in [4.69, 9.17) is 9.47 Å². The second-order valence-electron chi connectivity index (χ2n) is 6.40. The number of nitrogens with zero attached hydrogens (tertiary/aromatic N) is 1. The van der Waals surface area contributed by atoms with Crippen LogP contribution in [0, 0.1) is 15.5 Å². The zero-order chi connectivity index (χ0) is 19.0. The van der Waals surface area contributed by atoms with Gasteiger partial charge in [-0.05, 0) is 37.5 Å². The average Bonchev–Trinajstić information content (AvgIpc) is 2.51. The number of esters is 1. The van der Waals surface area contributed by atoms with Crippen LogP contribution in [0.3, 0.4) is 0 Å². The second kappa shape index (κ2) is 9.01. The molecule has 0 atom stereocenters. The number of nitro benzene ring substituents is 1. The van der Waals surface area contributed by atoms with Gasteiger partial charge in [-0.2, -0.15) is 0 Å². The molecule has 6 nitrogen and oxygen atoms in total. The first-order valence-corrected chi connectivity index (χ1v) is 8.17. The number of hydrogen-bond acceptors (Lipinski definition) is 5. The quantitative estimate of drug-likeness (QED) is 0.181. The van der Waals surface area contributed by atoms with Crippen LogP contribution < -0.4 is 0 Å². The van der Waals surface area contributed by atoms with E-state index in [1.807, 2.05) is 33.8 Å². The van der Waals surface area contributed by atoms with Gasteiger partial charge < -0.3 is 9.47 Å². The third-order valence-electron chi connectivity index (χ3n) is 3.06. The highest BCUT2D eigenvalue weighted by atomic mass is 16.6. The van der Waals surface area contributed by atoms with Gasteiger partial charge in [0, 0.05) is 6.07 Å². The number of benzene rings is 1. The summed E-state index contributed by atoms with van der Waals surface area (Å²) < 4.78 is 10.8. The van der Waals surface area contributed by atoms with Gasteiger partial charge in [-0.25, -0.2) is 4.79 Å². The van der Waals surface area contributed by atoms with Crippen molar-refractivity contribution in [1.29, 1.82) is 0 Å². The van der Waals surface area contributed by atoms with Gasteiger partial charge in [0.15, 0.2) is 0 Å². The predicted octanol–water partition coefficient (Wildman–Crippen LogP) is 4.51. The van der Waals surface area contributed by atoms with Crippen molar-refractivity contribution >= 4 is 17.7 Å². The van der Waals surface area contributed by atoms with Crippen molar-refractivity contribution < 1.29 is 19.2 Å². The molecule has 0 unspecified atom stereocenters. The molecule has 0 aromatic heterocycles. The molecule has 0 aliphatic rings. The molecule has 0 saturated heterocycles. The number of para-hydroxylation sites is 1. The highest BCUT2D eigenvalue weighted by Crippen LogP contribution is 2.27. The first-order chi connectivity index (χ1) is 11.7. The summed E-state index contributed by atoms with van der Waals surface area (Å²) >= 11 is 0. The van der Waals surface area contributed by atoms with E-state index in [0.29, 0.717) is 17.9 Å². The summed E-state index contributed by atoms with van der Waals surface area (Å²) in [5, 5.41) is 11.2. The van der Waals surface area contributed by atoms with E-state index in [-0.39, 0.29) is 23.3 Å². The summed E-state index contributed by atoms with van der Waals surface area (Å²) in [6.07, 6.45) is 3.26. The lowest BCUT2D eigenvalue weighted by Crippen LogP contribution is -2.14. The molecule has 1 rings (SSSR count). The molecule has 0 aliphatic heterocycles. The van der Waals surface area contributed by atoms with E-state index in [9.17, 15) is 14.9 Å². The first-order valence-electron chi connectivity index (χ1n) is 8.17. The summed E-state index contributed by atoms with van der Waals surface area (Å²) in [5.74, 6) is -0.226. The maximum absolute atomic E-state index is 12.4. The molecule has 0 radical (unpaired) electrons. The summed E-state index contributed by atoms with van der Waals surface area (Å²) in [5.41, 5.74) is 0.137. The van der Waals surface area contributed by atoms with Crippen molar-refractivity contribution in [3.8, 4) is 0 Å². The molecule has 25 heavy (non-hydrogen) atoms. The predicted molar refractivity (Wildman–Crippen MR) is 96.9 cm³/mol. The number of rotatable bonds is 7. The van der Waals surface area contributed by atoms with Crippen LogP contribution in [0.2, 0.25) is 0 Å². The van der Waals surface area contributed by atoms with Crippen molar-refractivity contribution in [3.63, 3.8) is 0 Å². The van der Waals surface area contributed by atoms with E-state index < -0.39 is 10.9 Å². The molecule has 0 aliphatic carbocycles. The largest absolute Gasteiger partial charge is 0.493 e. The lowest BCUT2D eigenvalue weighted by Gasteiger charge is -2.18. The van der Waals surface area contributed by atoms with Crippen LogP contribution in [0.25, 0.3) is 6.08 Å². The van der Waals surface area contributed by atoms with Crippen molar-refractivity contribution in [2.45, 2.75) is 34.6 Å². The Labute approximate surface area is 148 Å². The van der Waals surface area contributed by atoms with Gasteiger partial charge in [0.2, 0.25) is 0 Å². The van der Waals surface area contributed by atoms with E-state index in [2.05, 4.69) is 0 Å². The SMILES string of the molecule is CCOC(=O)C(=C/c1ccccc1[N+](=O)[O-])/C(=C\C(C)(C)C)OCC. The maximum atomic E-state index is 12.4. The van der Waals surface area contributed by atoms with Gasteiger partial charge >= 0.3 is 5.97 Å². The molecule has 1 aromatic carbocycles. The summed E-state index contributed by atoms with van der Waals surface area (Å²) in [4.78, 5) is 23.2. The van der Waals surface area contributed by atoms with E-state index >= 15 is 0 Å². The van der Waals surface area contributed by atoms with Crippen LogP contribution in [0.15, 0.2) is 41.7 Å². The third kappa shape index (κ3) is 6.41. The van der Waals surface area contributed by atoms with E-state index in [1.54, 1.807) is 25.1 Å². The van der Waals surface area contributed by atoms with Gasteiger partial charge in [0.05, 0.1) is 23.7 Å². The number of nitro groups is 1. The molecule has 6 heteroatoms. The van der Waals surface area contributed by atoms with Crippen LogP contribution >= 0.6 is 0 Å². The maximum Gasteiger partial charge on any atom is 0.341 e. The van der Waals surface area contributed by atoms with E-state index in [1.165, 1.54) is 12.1 Å².